The molecule has 0 atom stereocenters. The number of ether oxygens (including phenoxy) is 1. The molecular formula is C22H21F3N2O3. The lowest BCUT2D eigenvalue weighted by Crippen LogP contribution is -2.46. The largest absolute Gasteiger partial charge is 0.497 e. The van der Waals surface area contributed by atoms with E-state index >= 15 is 0 Å². The van der Waals surface area contributed by atoms with Gasteiger partial charge in [-0.05, 0) is 36.4 Å². The van der Waals surface area contributed by atoms with E-state index < -0.39 is 17.3 Å². The van der Waals surface area contributed by atoms with E-state index in [9.17, 15) is 18.0 Å². The summed E-state index contributed by atoms with van der Waals surface area (Å²) in [6.07, 6.45) is -2.83. The van der Waals surface area contributed by atoms with E-state index in [2.05, 4.69) is 5.16 Å². The molecule has 2 heterocycles. The smallest absolute Gasteiger partial charge is 0.416 e. The topological polar surface area (TPSA) is 51.1 Å². The molecule has 2 aromatic carbocycles. The van der Waals surface area contributed by atoms with Crippen molar-refractivity contribution in [2.45, 2.75) is 31.0 Å². The van der Waals surface area contributed by atoms with Crippen LogP contribution in [-0.4, -0.2) is 42.3 Å². The van der Waals surface area contributed by atoms with Crippen LogP contribution in [0.1, 0.15) is 40.7 Å². The second-order valence-electron chi connectivity index (χ2n) is 7.59. The molecule has 158 valence electrons. The van der Waals surface area contributed by atoms with Gasteiger partial charge in [0.1, 0.15) is 11.4 Å². The Morgan fingerprint density at radius 3 is 2.47 bits per heavy atom. The Balaban J connectivity index is 1.39. The highest BCUT2D eigenvalue weighted by atomic mass is 19.4. The number of hydrogen-bond donors (Lipinski definition) is 0. The Kier molecular flexibility index (Phi) is 5.17. The van der Waals surface area contributed by atoms with Gasteiger partial charge in [-0.25, -0.2) is 0 Å². The van der Waals surface area contributed by atoms with E-state index in [1.54, 1.807) is 42.3 Å². The van der Waals surface area contributed by atoms with Crippen molar-refractivity contribution in [2.24, 2.45) is 5.16 Å². The predicted octanol–water partition coefficient (Wildman–Crippen LogP) is 4.51. The summed E-state index contributed by atoms with van der Waals surface area (Å²) in [5.41, 5.74) is 0.235. The van der Waals surface area contributed by atoms with E-state index in [1.807, 2.05) is 0 Å². The molecule has 0 N–H and O–H groups in total. The van der Waals surface area contributed by atoms with Crippen molar-refractivity contribution in [3.05, 3.63) is 65.2 Å². The minimum absolute atomic E-state index is 0.0653. The van der Waals surface area contributed by atoms with Crippen molar-refractivity contribution in [2.75, 3.05) is 20.2 Å². The number of benzene rings is 2. The molecule has 1 spiro atoms. The number of likely N-dealkylation sites (tertiary alicyclic amines) is 1. The van der Waals surface area contributed by atoms with Gasteiger partial charge >= 0.3 is 6.18 Å². The molecule has 2 aromatic rings. The number of piperidine rings is 1. The zero-order valence-electron chi connectivity index (χ0n) is 16.4. The fourth-order valence-corrected chi connectivity index (χ4v) is 3.85. The summed E-state index contributed by atoms with van der Waals surface area (Å²) in [7, 11) is 1.57. The lowest BCUT2D eigenvalue weighted by atomic mass is 9.85. The van der Waals surface area contributed by atoms with E-state index in [0.29, 0.717) is 54.9 Å². The molecule has 4 rings (SSSR count). The SMILES string of the molecule is COc1ccc(C(=O)N2CCC3(CC2)CC(c2cccc(C(F)(F)F)c2)=NO3)cc1. The third kappa shape index (κ3) is 3.99. The normalized spacial score (nSPS) is 18.1. The van der Waals surface area contributed by atoms with Crippen molar-refractivity contribution < 1.29 is 27.5 Å². The van der Waals surface area contributed by atoms with Crippen LogP contribution in [-0.2, 0) is 11.0 Å². The molecule has 1 saturated heterocycles. The third-order valence-corrected chi connectivity index (χ3v) is 5.66. The number of halogens is 3. The van der Waals surface area contributed by atoms with E-state index in [4.69, 9.17) is 9.57 Å². The summed E-state index contributed by atoms with van der Waals surface area (Å²) in [5.74, 6) is 0.618. The predicted molar refractivity (Wildman–Crippen MR) is 105 cm³/mol. The van der Waals surface area contributed by atoms with E-state index in [0.717, 1.165) is 12.1 Å². The van der Waals surface area contributed by atoms with Crippen LogP contribution in [0.5, 0.6) is 5.75 Å². The van der Waals surface area contributed by atoms with Gasteiger partial charge in [0.2, 0.25) is 0 Å². The number of rotatable bonds is 3. The molecule has 0 aromatic heterocycles. The van der Waals surface area contributed by atoms with Crippen LogP contribution < -0.4 is 4.74 Å². The van der Waals surface area contributed by atoms with Gasteiger partial charge in [-0.1, -0.05) is 17.3 Å². The molecule has 0 unspecified atom stereocenters. The maximum atomic E-state index is 13.0. The standard InChI is InChI=1S/C22H21F3N2O3/c1-29-18-7-5-15(6-8-18)20(28)27-11-9-21(10-12-27)14-19(26-30-21)16-3-2-4-17(13-16)22(23,24)25/h2-8,13H,9-12,14H2,1H3. The fraction of sp³-hybridized carbons (Fsp3) is 0.364. The molecule has 1 fully saturated rings. The van der Waals surface area contributed by atoms with Crippen LogP contribution in [0.15, 0.2) is 53.7 Å². The Morgan fingerprint density at radius 1 is 1.13 bits per heavy atom. The number of hydrogen-bond acceptors (Lipinski definition) is 4. The number of alkyl halides is 3. The first-order valence-corrected chi connectivity index (χ1v) is 9.66. The second kappa shape index (κ2) is 7.66. The molecule has 0 radical (unpaired) electrons. The van der Waals surface area contributed by atoms with E-state index in [-0.39, 0.29) is 5.91 Å². The first-order chi connectivity index (χ1) is 14.3. The first kappa shape index (κ1) is 20.3. The van der Waals surface area contributed by atoms with Gasteiger partial charge in [-0.2, -0.15) is 13.2 Å². The van der Waals surface area contributed by atoms with Crippen molar-refractivity contribution in [3.63, 3.8) is 0 Å². The highest BCUT2D eigenvalue weighted by molar-refractivity contribution is 6.02. The van der Waals surface area contributed by atoms with Crippen LogP contribution in [0, 0.1) is 0 Å². The van der Waals surface area contributed by atoms with Crippen LogP contribution in [0.3, 0.4) is 0 Å². The van der Waals surface area contributed by atoms with Crippen molar-refractivity contribution in [1.29, 1.82) is 0 Å². The third-order valence-electron chi connectivity index (χ3n) is 5.66. The maximum Gasteiger partial charge on any atom is 0.416 e. The van der Waals surface area contributed by atoms with Gasteiger partial charge < -0.3 is 14.5 Å². The van der Waals surface area contributed by atoms with Crippen LogP contribution >= 0.6 is 0 Å². The molecular weight excluding hydrogens is 397 g/mol. The molecule has 30 heavy (non-hydrogen) atoms. The lowest BCUT2D eigenvalue weighted by Gasteiger charge is -2.37. The van der Waals surface area contributed by atoms with Gasteiger partial charge in [-0.15, -0.1) is 0 Å². The van der Waals surface area contributed by atoms with Gasteiger partial charge in [0.25, 0.3) is 5.91 Å². The number of carbonyl (C=O) groups is 1. The average molecular weight is 418 g/mol. The monoisotopic (exact) mass is 418 g/mol. The van der Waals surface area contributed by atoms with Crippen LogP contribution in [0.25, 0.3) is 0 Å². The van der Waals surface area contributed by atoms with Crippen LogP contribution in [0.4, 0.5) is 13.2 Å². The highest BCUT2D eigenvalue weighted by Gasteiger charge is 2.43. The molecule has 2 aliphatic heterocycles. The lowest BCUT2D eigenvalue weighted by molar-refractivity contribution is -0.137. The molecule has 2 aliphatic rings. The maximum absolute atomic E-state index is 13.0. The van der Waals surface area contributed by atoms with Gasteiger partial charge in [0, 0.05) is 43.5 Å². The first-order valence-electron chi connectivity index (χ1n) is 9.66. The minimum Gasteiger partial charge on any atom is -0.497 e. The second-order valence-corrected chi connectivity index (χ2v) is 7.59. The summed E-state index contributed by atoms with van der Waals surface area (Å²) < 4.78 is 44.1. The Labute approximate surface area is 172 Å². The number of methoxy groups -OCH3 is 1. The van der Waals surface area contributed by atoms with Gasteiger partial charge in [-0.3, -0.25) is 4.79 Å². The average Bonchev–Trinajstić information content (AvgIpc) is 3.17. The fourth-order valence-electron chi connectivity index (χ4n) is 3.85. The Hall–Kier alpha value is -3.03. The summed E-state index contributed by atoms with van der Waals surface area (Å²) in [6.45, 7) is 0.993. The zero-order valence-corrected chi connectivity index (χ0v) is 16.4. The zero-order chi connectivity index (χ0) is 21.4. The molecule has 0 bridgehead atoms. The summed E-state index contributed by atoms with van der Waals surface area (Å²) in [6, 6.07) is 12.1. The molecule has 8 heteroatoms. The highest BCUT2D eigenvalue weighted by Crippen LogP contribution is 2.37. The molecule has 5 nitrogen and oxygen atoms in total. The summed E-state index contributed by atoms with van der Waals surface area (Å²) >= 11 is 0. The Bertz CT molecular complexity index is 962. The van der Waals surface area contributed by atoms with Crippen molar-refractivity contribution >= 4 is 11.6 Å². The quantitative estimate of drug-likeness (QED) is 0.737. The van der Waals surface area contributed by atoms with Crippen LogP contribution in [0.2, 0.25) is 0 Å². The summed E-state index contributed by atoms with van der Waals surface area (Å²) in [4.78, 5) is 20.2. The number of amides is 1. The number of oxime groups is 1. The Morgan fingerprint density at radius 2 is 1.83 bits per heavy atom. The molecule has 0 aliphatic carbocycles. The van der Waals surface area contributed by atoms with Gasteiger partial charge in [0.15, 0.2) is 0 Å². The number of carbonyl (C=O) groups excluding carboxylic acids is 1. The van der Waals surface area contributed by atoms with Gasteiger partial charge in [0.05, 0.1) is 18.4 Å². The minimum atomic E-state index is -4.40. The number of nitrogens with zero attached hydrogens (tertiary/aromatic N) is 2. The molecule has 1 amide bonds. The van der Waals surface area contributed by atoms with E-state index in [1.165, 1.54) is 6.07 Å². The van der Waals surface area contributed by atoms with Crippen molar-refractivity contribution in [3.8, 4) is 5.75 Å². The van der Waals surface area contributed by atoms with Crippen molar-refractivity contribution in [1.82, 2.24) is 4.90 Å². The molecule has 0 saturated carbocycles. The summed E-state index contributed by atoms with van der Waals surface area (Å²) in [5, 5.41) is 4.09.